The van der Waals surface area contributed by atoms with Crippen molar-refractivity contribution < 1.29 is 14.6 Å². The van der Waals surface area contributed by atoms with E-state index in [0.29, 0.717) is 32.5 Å². The van der Waals surface area contributed by atoms with Crippen molar-refractivity contribution in [1.82, 2.24) is 14.9 Å². The lowest BCUT2D eigenvalue weighted by molar-refractivity contribution is -0.174. The summed E-state index contributed by atoms with van der Waals surface area (Å²) in [6.07, 6.45) is 2.16. The molecule has 0 unspecified atom stereocenters. The third-order valence-electron chi connectivity index (χ3n) is 4.51. The molecule has 1 amide bonds. The van der Waals surface area contributed by atoms with Crippen LogP contribution < -0.4 is 11.2 Å². The summed E-state index contributed by atoms with van der Waals surface area (Å²) in [7, 11) is 0. The highest BCUT2D eigenvalue weighted by Crippen LogP contribution is 2.35. The summed E-state index contributed by atoms with van der Waals surface area (Å²) in [5, 5.41) is 10.2. The number of H-pyrrole nitrogens is 2. The first-order chi connectivity index (χ1) is 10.5. The number of carbonyl (C=O) groups is 1. The number of aromatic amines is 2. The molecule has 22 heavy (non-hydrogen) atoms. The highest BCUT2D eigenvalue weighted by molar-refractivity contribution is 5.92. The Kier molecular flexibility index (Phi) is 3.88. The van der Waals surface area contributed by atoms with Crippen molar-refractivity contribution in [2.45, 2.75) is 37.4 Å². The molecule has 1 spiro atoms. The maximum atomic E-state index is 12.4. The van der Waals surface area contributed by atoms with E-state index >= 15 is 0 Å². The number of carbonyl (C=O) groups excluding carboxylic acids is 1. The normalized spacial score (nSPS) is 24.4. The van der Waals surface area contributed by atoms with Crippen molar-refractivity contribution in [2.24, 2.45) is 0 Å². The fraction of sp³-hybridized carbons (Fsp3) is 0.643. The smallest absolute Gasteiger partial charge is 0.326 e. The molecule has 2 fully saturated rings. The molecule has 2 aliphatic rings. The number of hydrogen-bond donors (Lipinski definition) is 3. The van der Waals surface area contributed by atoms with Crippen molar-refractivity contribution in [2.75, 3.05) is 19.7 Å². The van der Waals surface area contributed by atoms with Gasteiger partial charge in [0, 0.05) is 25.8 Å². The van der Waals surface area contributed by atoms with Gasteiger partial charge in [-0.25, -0.2) is 4.79 Å². The fourth-order valence-corrected chi connectivity index (χ4v) is 3.23. The van der Waals surface area contributed by atoms with E-state index in [1.165, 1.54) is 0 Å². The van der Waals surface area contributed by atoms with Crippen LogP contribution in [0.1, 0.15) is 36.2 Å². The minimum Gasteiger partial charge on any atom is -0.390 e. The lowest BCUT2D eigenvalue weighted by atomic mass is 9.82. The highest BCUT2D eigenvalue weighted by atomic mass is 16.5. The van der Waals surface area contributed by atoms with Crippen LogP contribution in [0.5, 0.6) is 0 Å². The second-order valence-electron chi connectivity index (χ2n) is 5.86. The number of nitrogens with zero attached hydrogens (tertiary/aromatic N) is 1. The number of hydrogen-bond acceptors (Lipinski definition) is 5. The standard InChI is InChI=1S/C14H19N3O5/c18-10-2-1-7-22-14(10)3-5-17(6-4-14)12(20)9-8-11(19)16-13(21)15-9/h8,10,18H,1-7H2,(H2,15,16,19,21)/t10-/m0/s1. The minimum absolute atomic E-state index is 0.0187. The van der Waals surface area contributed by atoms with Crippen LogP contribution in [0.4, 0.5) is 0 Å². The summed E-state index contributed by atoms with van der Waals surface area (Å²) in [6.45, 7) is 1.47. The maximum absolute atomic E-state index is 12.4. The fourth-order valence-electron chi connectivity index (χ4n) is 3.23. The molecule has 8 heteroatoms. The van der Waals surface area contributed by atoms with Gasteiger partial charge in [0.15, 0.2) is 0 Å². The van der Waals surface area contributed by atoms with Crippen molar-refractivity contribution in [3.8, 4) is 0 Å². The number of nitrogens with one attached hydrogen (secondary N) is 2. The van der Waals surface area contributed by atoms with Crippen LogP contribution in [0.3, 0.4) is 0 Å². The maximum Gasteiger partial charge on any atom is 0.326 e. The Morgan fingerprint density at radius 2 is 2.05 bits per heavy atom. The Hall–Kier alpha value is -1.93. The predicted octanol–water partition coefficient (Wildman–Crippen LogP) is -0.791. The van der Waals surface area contributed by atoms with Crippen LogP contribution in [-0.4, -0.2) is 57.3 Å². The van der Waals surface area contributed by atoms with Gasteiger partial charge in [-0.3, -0.25) is 14.6 Å². The number of rotatable bonds is 1. The zero-order valence-electron chi connectivity index (χ0n) is 12.1. The number of aliphatic hydroxyl groups excluding tert-OH is 1. The van der Waals surface area contributed by atoms with Crippen LogP contribution in [-0.2, 0) is 4.74 Å². The summed E-state index contributed by atoms with van der Waals surface area (Å²) in [5.74, 6) is -0.386. The van der Waals surface area contributed by atoms with Crippen molar-refractivity contribution in [3.05, 3.63) is 32.6 Å². The monoisotopic (exact) mass is 309 g/mol. The van der Waals surface area contributed by atoms with Crippen LogP contribution in [0.25, 0.3) is 0 Å². The van der Waals surface area contributed by atoms with E-state index in [2.05, 4.69) is 4.98 Å². The number of amides is 1. The summed E-state index contributed by atoms with van der Waals surface area (Å²) >= 11 is 0. The van der Waals surface area contributed by atoms with Gasteiger partial charge in [-0.05, 0) is 25.7 Å². The van der Waals surface area contributed by atoms with Gasteiger partial charge >= 0.3 is 5.69 Å². The molecule has 2 saturated heterocycles. The Balaban J connectivity index is 1.72. The molecular formula is C14H19N3O5. The molecular weight excluding hydrogens is 290 g/mol. The third kappa shape index (κ3) is 2.71. The summed E-state index contributed by atoms with van der Waals surface area (Å²) in [5.41, 5.74) is -1.88. The Morgan fingerprint density at radius 3 is 2.68 bits per heavy atom. The minimum atomic E-state index is -0.699. The lowest BCUT2D eigenvalue weighted by Crippen LogP contribution is -2.56. The van der Waals surface area contributed by atoms with Gasteiger partial charge in [0.05, 0.1) is 11.7 Å². The zero-order valence-corrected chi connectivity index (χ0v) is 12.1. The second kappa shape index (κ2) is 5.69. The molecule has 3 heterocycles. The molecule has 0 aromatic carbocycles. The van der Waals surface area contributed by atoms with Gasteiger partial charge in [-0.1, -0.05) is 0 Å². The molecule has 2 aliphatic heterocycles. The van der Waals surface area contributed by atoms with E-state index in [-0.39, 0.29) is 11.6 Å². The van der Waals surface area contributed by atoms with Crippen LogP contribution in [0, 0.1) is 0 Å². The average molecular weight is 309 g/mol. The first kappa shape index (κ1) is 15.0. The first-order valence-electron chi connectivity index (χ1n) is 7.45. The Bertz CT molecular complexity index is 643. The number of aliphatic hydroxyl groups is 1. The zero-order chi connectivity index (χ0) is 15.7. The molecule has 1 atom stereocenters. The molecule has 3 N–H and O–H groups in total. The molecule has 8 nitrogen and oxygen atoms in total. The van der Waals surface area contributed by atoms with E-state index in [4.69, 9.17) is 4.74 Å². The number of likely N-dealkylation sites (tertiary alicyclic amines) is 1. The molecule has 1 aromatic heterocycles. The number of aromatic nitrogens is 2. The average Bonchev–Trinajstić information content (AvgIpc) is 2.49. The van der Waals surface area contributed by atoms with E-state index in [9.17, 15) is 19.5 Å². The summed E-state index contributed by atoms with van der Waals surface area (Å²) in [6, 6.07) is 1.08. The van der Waals surface area contributed by atoms with Crippen molar-refractivity contribution >= 4 is 5.91 Å². The molecule has 3 rings (SSSR count). The quantitative estimate of drug-likeness (QED) is 0.629. The number of piperidine rings is 1. The number of ether oxygens (including phenoxy) is 1. The third-order valence-corrected chi connectivity index (χ3v) is 4.51. The Labute approximate surface area is 126 Å². The molecule has 0 bridgehead atoms. The highest BCUT2D eigenvalue weighted by Gasteiger charge is 2.44. The van der Waals surface area contributed by atoms with Crippen LogP contribution in [0.2, 0.25) is 0 Å². The van der Waals surface area contributed by atoms with E-state index in [1.54, 1.807) is 4.90 Å². The van der Waals surface area contributed by atoms with Gasteiger partial charge in [-0.2, -0.15) is 0 Å². The van der Waals surface area contributed by atoms with E-state index in [0.717, 1.165) is 18.9 Å². The summed E-state index contributed by atoms with van der Waals surface area (Å²) in [4.78, 5) is 40.8. The first-order valence-corrected chi connectivity index (χ1v) is 7.45. The van der Waals surface area contributed by atoms with Crippen LogP contribution >= 0.6 is 0 Å². The van der Waals surface area contributed by atoms with Gasteiger partial charge < -0.3 is 19.7 Å². The molecule has 0 saturated carbocycles. The SMILES string of the molecule is O=C(c1cc(=O)[nH]c(=O)[nH]1)N1CCC2(CC1)OCCC[C@@H]2O. The van der Waals surface area contributed by atoms with E-state index < -0.39 is 23.0 Å². The molecule has 120 valence electrons. The predicted molar refractivity (Wildman–Crippen MR) is 76.7 cm³/mol. The Morgan fingerprint density at radius 1 is 1.32 bits per heavy atom. The second-order valence-corrected chi connectivity index (χ2v) is 5.86. The largest absolute Gasteiger partial charge is 0.390 e. The van der Waals surface area contributed by atoms with Crippen molar-refractivity contribution in [1.29, 1.82) is 0 Å². The van der Waals surface area contributed by atoms with Gasteiger partial charge in [-0.15, -0.1) is 0 Å². The van der Waals surface area contributed by atoms with Crippen molar-refractivity contribution in [3.63, 3.8) is 0 Å². The van der Waals surface area contributed by atoms with Gasteiger partial charge in [0.2, 0.25) is 0 Å². The molecule has 0 radical (unpaired) electrons. The topological polar surface area (TPSA) is 115 Å². The summed E-state index contributed by atoms with van der Waals surface area (Å²) < 4.78 is 5.79. The van der Waals surface area contributed by atoms with Gasteiger partial charge in [0.25, 0.3) is 11.5 Å². The lowest BCUT2D eigenvalue weighted by Gasteiger charge is -2.46. The molecule has 1 aromatic rings. The van der Waals surface area contributed by atoms with E-state index in [1.807, 2.05) is 4.98 Å². The molecule has 0 aliphatic carbocycles. The van der Waals surface area contributed by atoms with Crippen LogP contribution in [0.15, 0.2) is 15.7 Å². The van der Waals surface area contributed by atoms with Gasteiger partial charge in [0.1, 0.15) is 5.69 Å².